The Morgan fingerprint density at radius 3 is 1.90 bits per heavy atom. The zero-order valence-electron chi connectivity index (χ0n) is 17.2. The summed E-state index contributed by atoms with van der Waals surface area (Å²) in [6, 6.07) is 28.2. The number of benzene rings is 3. The summed E-state index contributed by atoms with van der Waals surface area (Å²) < 4.78 is 0. The molecule has 158 valence electrons. The van der Waals surface area contributed by atoms with Crippen LogP contribution in [0.15, 0.2) is 91.0 Å². The van der Waals surface area contributed by atoms with E-state index < -0.39 is 12.0 Å². The Labute approximate surface area is 188 Å². The number of rotatable bonds is 10. The molecular formula is C26H26N2O2S. The number of hydrogen-bond donors (Lipinski definition) is 2. The second kappa shape index (κ2) is 11.8. The largest absolute Gasteiger partial charge is 0.343 e. The molecule has 4 nitrogen and oxygen atoms in total. The maximum Gasteiger partial charge on any atom is 0.247 e. The van der Waals surface area contributed by atoms with E-state index in [1.165, 1.54) is 5.37 Å². The molecule has 0 aliphatic carbocycles. The van der Waals surface area contributed by atoms with Gasteiger partial charge in [0.15, 0.2) is 0 Å². The van der Waals surface area contributed by atoms with Gasteiger partial charge in [-0.15, -0.1) is 0 Å². The third-order valence-corrected chi connectivity index (χ3v) is 5.37. The first-order chi connectivity index (χ1) is 15.2. The van der Waals surface area contributed by atoms with E-state index in [-0.39, 0.29) is 11.8 Å². The van der Waals surface area contributed by atoms with Gasteiger partial charge in [0.05, 0.1) is 5.92 Å². The molecule has 5 heteroatoms. The van der Waals surface area contributed by atoms with Gasteiger partial charge in [-0.1, -0.05) is 91.1 Å². The van der Waals surface area contributed by atoms with Gasteiger partial charge in [0.2, 0.25) is 11.8 Å². The van der Waals surface area contributed by atoms with Crippen LogP contribution in [0.4, 0.5) is 5.69 Å². The van der Waals surface area contributed by atoms with E-state index in [9.17, 15) is 9.59 Å². The van der Waals surface area contributed by atoms with Crippen LogP contribution in [-0.2, 0) is 22.4 Å². The summed E-state index contributed by atoms with van der Waals surface area (Å²) >= 11 is 5.13. The van der Waals surface area contributed by atoms with Crippen molar-refractivity contribution in [1.82, 2.24) is 5.32 Å². The Balaban J connectivity index is 1.68. The second-order valence-electron chi connectivity index (χ2n) is 7.37. The molecule has 2 amide bonds. The van der Waals surface area contributed by atoms with Gasteiger partial charge in [0.25, 0.3) is 0 Å². The lowest BCUT2D eigenvalue weighted by atomic mass is 9.99. The summed E-state index contributed by atoms with van der Waals surface area (Å²) in [6.45, 7) is 0. The Kier molecular flexibility index (Phi) is 8.49. The van der Waals surface area contributed by atoms with E-state index in [2.05, 4.69) is 10.6 Å². The third kappa shape index (κ3) is 7.15. The smallest absolute Gasteiger partial charge is 0.247 e. The SMILES string of the molecule is O=C(N[C@@H](Cc1ccccc1)C(=O)Nc1ccccc1)C(C=S)CCc1ccccc1. The van der Waals surface area contributed by atoms with Crippen molar-refractivity contribution in [3.05, 3.63) is 102 Å². The fourth-order valence-electron chi connectivity index (χ4n) is 3.32. The highest BCUT2D eigenvalue weighted by molar-refractivity contribution is 7.79. The first-order valence-electron chi connectivity index (χ1n) is 10.3. The molecule has 1 unspecified atom stereocenters. The van der Waals surface area contributed by atoms with Crippen LogP contribution in [0, 0.1) is 5.92 Å². The highest BCUT2D eigenvalue weighted by Gasteiger charge is 2.25. The maximum atomic E-state index is 13.0. The molecule has 3 aromatic carbocycles. The van der Waals surface area contributed by atoms with Gasteiger partial charge in [-0.25, -0.2) is 0 Å². The zero-order valence-corrected chi connectivity index (χ0v) is 18.1. The van der Waals surface area contributed by atoms with Gasteiger partial charge in [0, 0.05) is 12.1 Å². The lowest BCUT2D eigenvalue weighted by Crippen LogP contribution is -2.47. The fourth-order valence-corrected chi connectivity index (χ4v) is 3.58. The molecule has 31 heavy (non-hydrogen) atoms. The van der Waals surface area contributed by atoms with E-state index in [4.69, 9.17) is 12.2 Å². The Morgan fingerprint density at radius 2 is 1.32 bits per heavy atom. The number of carbonyl (C=O) groups excluding carboxylic acids is 2. The molecule has 0 heterocycles. The molecule has 0 spiro atoms. The summed E-state index contributed by atoms with van der Waals surface area (Å²) in [6.07, 6.45) is 1.73. The molecule has 0 aliphatic rings. The number of anilines is 1. The molecule has 2 atom stereocenters. The van der Waals surface area contributed by atoms with Crippen LogP contribution >= 0.6 is 12.2 Å². The van der Waals surface area contributed by atoms with E-state index in [1.54, 1.807) is 0 Å². The third-order valence-electron chi connectivity index (χ3n) is 5.04. The number of carbonyl (C=O) groups is 2. The van der Waals surface area contributed by atoms with Crippen molar-refractivity contribution in [1.29, 1.82) is 0 Å². The van der Waals surface area contributed by atoms with Crippen molar-refractivity contribution in [2.45, 2.75) is 25.3 Å². The van der Waals surface area contributed by atoms with Gasteiger partial charge >= 0.3 is 0 Å². The molecule has 0 saturated carbocycles. The molecule has 0 aliphatic heterocycles. The minimum Gasteiger partial charge on any atom is -0.343 e. The first kappa shape index (κ1) is 22.4. The molecule has 0 radical (unpaired) electrons. The Bertz CT molecular complexity index is 978. The van der Waals surface area contributed by atoms with Crippen LogP contribution in [0.1, 0.15) is 17.5 Å². The molecule has 3 rings (SSSR count). The van der Waals surface area contributed by atoms with Crippen molar-refractivity contribution in [3.8, 4) is 0 Å². The highest BCUT2D eigenvalue weighted by Crippen LogP contribution is 2.12. The monoisotopic (exact) mass is 430 g/mol. The van der Waals surface area contributed by atoms with Crippen molar-refractivity contribution in [2.24, 2.45) is 5.92 Å². The van der Waals surface area contributed by atoms with Crippen LogP contribution < -0.4 is 10.6 Å². The minimum absolute atomic E-state index is 0.227. The van der Waals surface area contributed by atoms with Gasteiger partial charge in [0.1, 0.15) is 6.04 Å². The van der Waals surface area contributed by atoms with Crippen molar-refractivity contribution in [2.75, 3.05) is 5.32 Å². The summed E-state index contributed by atoms with van der Waals surface area (Å²) in [7, 11) is 0. The molecule has 0 fully saturated rings. The predicted octanol–water partition coefficient (Wildman–Crippen LogP) is 4.60. The lowest BCUT2D eigenvalue weighted by molar-refractivity contribution is -0.127. The lowest BCUT2D eigenvalue weighted by Gasteiger charge is -2.21. The molecule has 0 aromatic heterocycles. The molecule has 2 N–H and O–H groups in total. The second-order valence-corrected chi connectivity index (χ2v) is 7.65. The van der Waals surface area contributed by atoms with Crippen LogP contribution in [0.2, 0.25) is 0 Å². The number of thiocarbonyl (C=S) groups is 1. The summed E-state index contributed by atoms with van der Waals surface area (Å²) in [5.74, 6) is -0.928. The van der Waals surface area contributed by atoms with Crippen LogP contribution in [0.3, 0.4) is 0 Å². The Hall–Kier alpha value is -3.31. The fraction of sp³-hybridized carbons (Fsp3) is 0.192. The summed E-state index contributed by atoms with van der Waals surface area (Å²) in [4.78, 5) is 25.9. The molecule has 0 saturated heterocycles. The topological polar surface area (TPSA) is 58.2 Å². The normalized spacial score (nSPS) is 12.4. The van der Waals surface area contributed by atoms with E-state index >= 15 is 0 Å². The Morgan fingerprint density at radius 1 is 0.774 bits per heavy atom. The van der Waals surface area contributed by atoms with E-state index in [0.29, 0.717) is 18.5 Å². The van der Waals surface area contributed by atoms with E-state index in [0.717, 1.165) is 17.5 Å². The number of hydrogen-bond acceptors (Lipinski definition) is 3. The number of aryl methyl sites for hydroxylation is 1. The van der Waals surface area contributed by atoms with Crippen molar-refractivity contribution < 1.29 is 9.59 Å². The number of para-hydroxylation sites is 1. The summed E-state index contributed by atoms with van der Waals surface area (Å²) in [5, 5.41) is 7.31. The van der Waals surface area contributed by atoms with Gasteiger partial charge in [-0.3, -0.25) is 9.59 Å². The van der Waals surface area contributed by atoms with Gasteiger partial charge < -0.3 is 10.6 Å². The minimum atomic E-state index is -0.704. The van der Waals surface area contributed by atoms with Crippen LogP contribution in [0.25, 0.3) is 0 Å². The van der Waals surface area contributed by atoms with Gasteiger partial charge in [-0.05, 0) is 41.5 Å². The van der Waals surface area contributed by atoms with Crippen LogP contribution in [-0.4, -0.2) is 23.2 Å². The average molecular weight is 431 g/mol. The molecule has 0 bridgehead atoms. The number of nitrogens with one attached hydrogen (secondary N) is 2. The van der Waals surface area contributed by atoms with Crippen molar-refractivity contribution >= 4 is 35.1 Å². The molecule has 3 aromatic rings. The van der Waals surface area contributed by atoms with Gasteiger partial charge in [-0.2, -0.15) is 0 Å². The zero-order chi connectivity index (χ0) is 21.9. The van der Waals surface area contributed by atoms with E-state index in [1.807, 2.05) is 91.0 Å². The maximum absolute atomic E-state index is 13.0. The number of amides is 2. The highest BCUT2D eigenvalue weighted by atomic mass is 32.1. The van der Waals surface area contributed by atoms with Crippen molar-refractivity contribution in [3.63, 3.8) is 0 Å². The quantitative estimate of drug-likeness (QED) is 0.462. The average Bonchev–Trinajstić information content (AvgIpc) is 2.81. The molecular weight excluding hydrogens is 404 g/mol. The summed E-state index contributed by atoms with van der Waals surface area (Å²) in [5.41, 5.74) is 2.81. The predicted molar refractivity (Wildman–Crippen MR) is 129 cm³/mol. The first-order valence-corrected chi connectivity index (χ1v) is 10.8. The van der Waals surface area contributed by atoms with Crippen LogP contribution in [0.5, 0.6) is 0 Å². The standard InChI is InChI=1S/C26H26N2O2S/c29-25(22(19-31)17-16-20-10-4-1-5-11-20)28-24(18-21-12-6-2-7-13-21)26(30)27-23-14-8-3-9-15-23/h1-15,19,22,24H,16-18H2,(H,27,30)(H,28,29)/t22?,24-/m0/s1.